The van der Waals surface area contributed by atoms with Crippen LogP contribution in [0.15, 0.2) is 106 Å². The van der Waals surface area contributed by atoms with E-state index in [0.29, 0.717) is 61.3 Å². The minimum Gasteiger partial charge on any atom is -0.493 e. The van der Waals surface area contributed by atoms with Crippen LogP contribution < -0.4 is 33.8 Å². The van der Waals surface area contributed by atoms with E-state index in [1.807, 2.05) is 37.3 Å². The number of non-ortho nitro benzene ring substituents is 1. The Labute approximate surface area is 302 Å². The Balaban J connectivity index is 1.46. The maximum absolute atomic E-state index is 14.4. The number of benzene rings is 4. The molecule has 5 aromatic rings. The maximum Gasteiger partial charge on any atom is 0.338 e. The smallest absolute Gasteiger partial charge is 0.338 e. The van der Waals surface area contributed by atoms with Crippen LogP contribution in [0.2, 0.25) is 0 Å². The summed E-state index contributed by atoms with van der Waals surface area (Å²) in [7, 11) is 3.06. The Kier molecular flexibility index (Phi) is 10.8. The summed E-state index contributed by atoms with van der Waals surface area (Å²) < 4.78 is 30.5. The number of ether oxygens (including phenoxy) is 5. The lowest BCUT2D eigenvalue weighted by Crippen LogP contribution is -2.40. The number of rotatable bonds is 13. The van der Waals surface area contributed by atoms with Gasteiger partial charge in [0.15, 0.2) is 27.8 Å². The molecule has 266 valence electrons. The summed E-state index contributed by atoms with van der Waals surface area (Å²) >= 11 is 1.20. The molecule has 52 heavy (non-hydrogen) atoms. The van der Waals surface area contributed by atoms with Crippen molar-refractivity contribution in [2.24, 2.45) is 4.99 Å². The Bertz CT molecular complexity index is 2330. The second-order valence-electron chi connectivity index (χ2n) is 11.4. The molecule has 0 N–H and O–H groups in total. The van der Waals surface area contributed by atoms with Crippen LogP contribution in [-0.4, -0.2) is 42.9 Å². The van der Waals surface area contributed by atoms with Crippen molar-refractivity contribution in [3.05, 3.63) is 149 Å². The van der Waals surface area contributed by atoms with E-state index in [1.165, 1.54) is 42.3 Å². The topological polar surface area (TPSA) is 141 Å². The summed E-state index contributed by atoms with van der Waals surface area (Å²) in [4.78, 5) is 44.1. The number of fused-ring (bicyclic) bond motifs is 1. The lowest BCUT2D eigenvalue weighted by molar-refractivity contribution is -0.384. The van der Waals surface area contributed by atoms with Crippen molar-refractivity contribution in [1.29, 1.82) is 0 Å². The van der Waals surface area contributed by atoms with E-state index in [4.69, 9.17) is 28.7 Å². The van der Waals surface area contributed by atoms with Gasteiger partial charge >= 0.3 is 5.97 Å². The minimum atomic E-state index is -0.901. The fourth-order valence-electron chi connectivity index (χ4n) is 5.81. The molecule has 13 heteroatoms. The number of nitrogens with zero attached hydrogens (tertiary/aromatic N) is 3. The van der Waals surface area contributed by atoms with Crippen molar-refractivity contribution in [3.63, 3.8) is 0 Å². The summed E-state index contributed by atoms with van der Waals surface area (Å²) in [6, 6.07) is 25.1. The first-order chi connectivity index (χ1) is 25.3. The molecular formula is C39H35N3O9S. The van der Waals surface area contributed by atoms with Gasteiger partial charge in [-0.15, -0.1) is 0 Å². The van der Waals surface area contributed by atoms with E-state index in [2.05, 4.69) is 0 Å². The largest absolute Gasteiger partial charge is 0.493 e. The molecule has 1 aliphatic heterocycles. The normalized spacial score (nSPS) is 13.9. The molecule has 1 aliphatic rings. The summed E-state index contributed by atoms with van der Waals surface area (Å²) in [5.41, 5.74) is 2.98. The van der Waals surface area contributed by atoms with Crippen LogP contribution in [-0.2, 0) is 16.1 Å². The number of carbonyl (C=O) groups excluding carboxylic acids is 1. The van der Waals surface area contributed by atoms with Crippen molar-refractivity contribution in [3.8, 4) is 23.0 Å². The van der Waals surface area contributed by atoms with Gasteiger partial charge in [-0.2, -0.15) is 0 Å². The molecule has 0 bridgehead atoms. The lowest BCUT2D eigenvalue weighted by atomic mass is 9.93. The number of hydrogen-bond donors (Lipinski definition) is 0. The van der Waals surface area contributed by atoms with Gasteiger partial charge in [-0.1, -0.05) is 53.8 Å². The minimum absolute atomic E-state index is 0.00292. The van der Waals surface area contributed by atoms with E-state index in [1.54, 1.807) is 61.5 Å². The number of nitro benzene ring substituents is 1. The Morgan fingerprint density at radius 1 is 0.885 bits per heavy atom. The molecule has 6 rings (SSSR count). The number of carbonyl (C=O) groups is 1. The quantitative estimate of drug-likeness (QED) is 0.0834. The van der Waals surface area contributed by atoms with Gasteiger partial charge in [0.25, 0.3) is 11.2 Å². The molecular weight excluding hydrogens is 687 g/mol. The van der Waals surface area contributed by atoms with Gasteiger partial charge in [-0.3, -0.25) is 19.5 Å². The summed E-state index contributed by atoms with van der Waals surface area (Å²) in [5.74, 6) is 1.27. The third-order valence-corrected chi connectivity index (χ3v) is 9.19. The average Bonchev–Trinajstić information content (AvgIpc) is 3.47. The van der Waals surface area contributed by atoms with E-state index >= 15 is 0 Å². The standard InChI is InChI=1S/C39H35N3O9S/c1-5-49-32-20-25(14-18-30(32)51-23-24-12-16-28(17-13-24)42(45)46)21-33-37(43)41-36(27-15-19-29(47-3)31(22-27)48-4)34(38(44)50-6-2)35(40-39(41)52-33)26-10-8-7-9-11-26/h7-22,36H,5-6,23H2,1-4H3/b33-21-/t36-/m0/s1. The molecule has 1 atom stereocenters. The van der Waals surface area contributed by atoms with Crippen LogP contribution in [0.25, 0.3) is 11.8 Å². The van der Waals surface area contributed by atoms with Crippen molar-refractivity contribution in [1.82, 2.24) is 4.57 Å². The number of thiazole rings is 1. The van der Waals surface area contributed by atoms with Crippen LogP contribution in [0.3, 0.4) is 0 Å². The summed E-state index contributed by atoms with van der Waals surface area (Å²) in [6.07, 6.45) is 1.74. The predicted molar refractivity (Wildman–Crippen MR) is 196 cm³/mol. The fraction of sp³-hybridized carbons (Fsp3) is 0.205. The number of aromatic nitrogens is 1. The summed E-state index contributed by atoms with van der Waals surface area (Å²) in [5, 5.41) is 11.0. The van der Waals surface area contributed by atoms with Crippen LogP contribution >= 0.6 is 11.3 Å². The van der Waals surface area contributed by atoms with Crippen molar-refractivity contribution in [2.45, 2.75) is 26.5 Å². The number of hydrogen-bond acceptors (Lipinski definition) is 11. The van der Waals surface area contributed by atoms with Crippen LogP contribution in [0.4, 0.5) is 5.69 Å². The van der Waals surface area contributed by atoms with Crippen LogP contribution in [0, 0.1) is 10.1 Å². The summed E-state index contributed by atoms with van der Waals surface area (Å²) in [6.45, 7) is 4.24. The van der Waals surface area contributed by atoms with E-state index in [0.717, 1.165) is 5.56 Å². The second-order valence-corrected chi connectivity index (χ2v) is 12.4. The lowest BCUT2D eigenvalue weighted by Gasteiger charge is -2.26. The third-order valence-electron chi connectivity index (χ3n) is 8.20. The molecule has 0 fully saturated rings. The van der Waals surface area contributed by atoms with E-state index < -0.39 is 16.9 Å². The van der Waals surface area contributed by atoms with Crippen LogP contribution in [0.1, 0.15) is 42.1 Å². The maximum atomic E-state index is 14.4. The molecule has 12 nitrogen and oxygen atoms in total. The van der Waals surface area contributed by atoms with Gasteiger partial charge in [-0.05, 0) is 73.0 Å². The molecule has 0 unspecified atom stereocenters. The molecule has 0 amide bonds. The fourth-order valence-corrected chi connectivity index (χ4v) is 6.81. The Morgan fingerprint density at radius 3 is 2.29 bits per heavy atom. The monoisotopic (exact) mass is 721 g/mol. The number of esters is 1. The van der Waals surface area contributed by atoms with Gasteiger partial charge in [0.2, 0.25) is 0 Å². The number of nitro groups is 1. The van der Waals surface area contributed by atoms with Gasteiger partial charge < -0.3 is 23.7 Å². The Morgan fingerprint density at radius 2 is 1.62 bits per heavy atom. The zero-order chi connectivity index (χ0) is 36.8. The zero-order valence-corrected chi connectivity index (χ0v) is 29.7. The molecule has 0 saturated heterocycles. The Hall–Kier alpha value is -6.21. The number of methoxy groups -OCH3 is 2. The van der Waals surface area contributed by atoms with E-state index in [9.17, 15) is 19.7 Å². The molecule has 0 spiro atoms. The third kappa shape index (κ3) is 7.30. The van der Waals surface area contributed by atoms with Gasteiger partial charge in [-0.25, -0.2) is 9.79 Å². The van der Waals surface area contributed by atoms with Crippen molar-refractivity contribution < 1.29 is 33.4 Å². The SMILES string of the molecule is CCOC(=O)C1=C(c2ccccc2)N=c2s/c(=C\c3ccc(OCc4ccc([N+](=O)[O-])cc4)c(OCC)c3)c(=O)n2[C@H]1c1ccc(OC)c(OC)c1. The first kappa shape index (κ1) is 35.6. The highest BCUT2D eigenvalue weighted by Gasteiger charge is 2.35. The van der Waals surface area contributed by atoms with E-state index in [-0.39, 0.29) is 30.0 Å². The van der Waals surface area contributed by atoms with Crippen LogP contribution in [0.5, 0.6) is 23.0 Å². The highest BCUT2D eigenvalue weighted by molar-refractivity contribution is 7.07. The van der Waals surface area contributed by atoms with Crippen molar-refractivity contribution >= 4 is 34.8 Å². The van der Waals surface area contributed by atoms with Gasteiger partial charge in [0.1, 0.15) is 6.61 Å². The highest BCUT2D eigenvalue weighted by atomic mass is 32.1. The molecule has 0 saturated carbocycles. The molecule has 2 heterocycles. The first-order valence-electron chi connectivity index (χ1n) is 16.4. The molecule has 0 aliphatic carbocycles. The molecule has 0 radical (unpaired) electrons. The zero-order valence-electron chi connectivity index (χ0n) is 28.9. The first-order valence-corrected chi connectivity index (χ1v) is 17.2. The van der Waals surface area contributed by atoms with Crippen molar-refractivity contribution in [2.75, 3.05) is 27.4 Å². The molecule has 1 aromatic heterocycles. The highest BCUT2D eigenvalue weighted by Crippen LogP contribution is 2.38. The predicted octanol–water partition coefficient (Wildman–Crippen LogP) is 5.84. The average molecular weight is 722 g/mol. The second kappa shape index (κ2) is 15.8. The van der Waals surface area contributed by atoms with Gasteiger partial charge in [0, 0.05) is 17.7 Å². The van der Waals surface area contributed by atoms with Gasteiger partial charge in [0.05, 0.1) is 54.2 Å². The molecule has 4 aromatic carbocycles.